The lowest BCUT2D eigenvalue weighted by Gasteiger charge is -2.39. The third-order valence-electron chi connectivity index (χ3n) is 3.89. The molecular formula is C11H22N2O5S3. The van der Waals surface area contributed by atoms with Gasteiger partial charge in [-0.05, 0) is 18.8 Å². The molecule has 0 spiro atoms. The van der Waals surface area contributed by atoms with Gasteiger partial charge in [0.05, 0.1) is 0 Å². The van der Waals surface area contributed by atoms with E-state index in [1.807, 2.05) is 0 Å². The first-order chi connectivity index (χ1) is 9.76. The molecule has 0 bridgehead atoms. The van der Waals surface area contributed by atoms with Gasteiger partial charge in [-0.3, -0.25) is 0 Å². The Hall–Kier alpha value is 0.130. The molecule has 2 unspecified atom stereocenters. The lowest BCUT2D eigenvalue weighted by atomic mass is 10.0. The van der Waals surface area contributed by atoms with E-state index in [1.54, 1.807) is 0 Å². The third-order valence-corrected chi connectivity index (χ3v) is 8.69. The van der Waals surface area contributed by atoms with Crippen LogP contribution >= 0.6 is 11.8 Å². The zero-order valence-electron chi connectivity index (χ0n) is 12.0. The highest BCUT2D eigenvalue weighted by Crippen LogP contribution is 2.27. The molecule has 0 aromatic heterocycles. The molecule has 2 saturated heterocycles. The van der Waals surface area contributed by atoms with Gasteiger partial charge in [0.1, 0.15) is 5.37 Å². The fourth-order valence-corrected chi connectivity index (χ4v) is 8.14. The summed E-state index contributed by atoms with van der Waals surface area (Å²) < 4.78 is 51.7. The number of piperidine rings is 1. The van der Waals surface area contributed by atoms with Crippen molar-refractivity contribution in [1.29, 1.82) is 0 Å². The largest absolute Gasteiger partial charge is 0.396 e. The lowest BCUT2D eigenvalue weighted by Crippen LogP contribution is -2.56. The predicted molar refractivity (Wildman–Crippen MR) is 83.0 cm³/mol. The summed E-state index contributed by atoms with van der Waals surface area (Å²) >= 11 is 1.46. The molecule has 0 radical (unpaired) electrons. The molecule has 2 fully saturated rings. The van der Waals surface area contributed by atoms with Gasteiger partial charge in [0.2, 0.25) is 0 Å². The van der Waals surface area contributed by atoms with Crippen LogP contribution in [0.2, 0.25) is 0 Å². The second-order valence-corrected chi connectivity index (χ2v) is 10.8. The highest BCUT2D eigenvalue weighted by atomic mass is 32.2. The number of nitrogens with zero attached hydrogens (tertiary/aromatic N) is 2. The fourth-order valence-electron chi connectivity index (χ4n) is 2.70. The molecule has 2 rings (SSSR count). The van der Waals surface area contributed by atoms with E-state index in [0.717, 1.165) is 17.0 Å². The highest BCUT2D eigenvalue weighted by molar-refractivity contribution is 8.01. The molecule has 2 aliphatic heterocycles. The molecule has 2 atom stereocenters. The van der Waals surface area contributed by atoms with Gasteiger partial charge < -0.3 is 5.11 Å². The molecule has 0 saturated carbocycles. The summed E-state index contributed by atoms with van der Waals surface area (Å²) in [7, 11) is -7.26. The van der Waals surface area contributed by atoms with Crippen LogP contribution in [0.25, 0.3) is 0 Å². The highest BCUT2D eigenvalue weighted by Gasteiger charge is 2.42. The standard InChI is InChI=1S/C11H22N2O5S3/c1-20(15,16)11-9-19-6-5-13(11)21(17,18)12-4-2-3-10(7-12)8-14/h10-11,14H,2-9H2,1H3. The normalized spacial score (nSPS) is 30.4. The molecule has 10 heteroatoms. The number of aliphatic hydroxyl groups excluding tert-OH is 1. The first-order valence-corrected chi connectivity index (χ1v) is 11.4. The number of hydrogen-bond donors (Lipinski definition) is 1. The van der Waals surface area contributed by atoms with Crippen molar-refractivity contribution in [1.82, 2.24) is 8.61 Å². The fraction of sp³-hybridized carbons (Fsp3) is 1.00. The second kappa shape index (κ2) is 6.71. The van der Waals surface area contributed by atoms with Gasteiger partial charge in [-0.2, -0.15) is 28.8 Å². The SMILES string of the molecule is CS(=O)(=O)C1CSCCN1S(=O)(=O)N1CCCC(CO)C1. The van der Waals surface area contributed by atoms with Gasteiger partial charge in [0, 0.05) is 44.0 Å². The zero-order valence-corrected chi connectivity index (χ0v) is 14.5. The zero-order chi connectivity index (χ0) is 15.7. The topological polar surface area (TPSA) is 95.0 Å². The van der Waals surface area contributed by atoms with Gasteiger partial charge in [-0.25, -0.2) is 8.42 Å². The van der Waals surface area contributed by atoms with Crippen molar-refractivity contribution < 1.29 is 21.9 Å². The van der Waals surface area contributed by atoms with Crippen LogP contribution < -0.4 is 0 Å². The first-order valence-electron chi connectivity index (χ1n) is 6.91. The van der Waals surface area contributed by atoms with Crippen LogP contribution in [0.15, 0.2) is 0 Å². The monoisotopic (exact) mass is 358 g/mol. The summed E-state index contributed by atoms with van der Waals surface area (Å²) in [4.78, 5) is 0. The van der Waals surface area contributed by atoms with Gasteiger partial charge in [0.15, 0.2) is 9.84 Å². The van der Waals surface area contributed by atoms with Crippen LogP contribution in [0.4, 0.5) is 0 Å². The van der Waals surface area contributed by atoms with E-state index in [1.165, 1.54) is 16.1 Å². The van der Waals surface area contributed by atoms with Gasteiger partial charge in [-0.1, -0.05) is 0 Å². The molecule has 21 heavy (non-hydrogen) atoms. The van der Waals surface area contributed by atoms with Crippen LogP contribution in [0.5, 0.6) is 0 Å². The van der Waals surface area contributed by atoms with Crippen molar-refractivity contribution in [3.63, 3.8) is 0 Å². The first kappa shape index (κ1) is 17.5. The Labute approximate surface area is 130 Å². The smallest absolute Gasteiger partial charge is 0.283 e. The van der Waals surface area contributed by atoms with Gasteiger partial charge in [0.25, 0.3) is 10.2 Å². The Morgan fingerprint density at radius 3 is 2.57 bits per heavy atom. The summed E-state index contributed by atoms with van der Waals surface area (Å²) in [6.45, 7) is 0.820. The summed E-state index contributed by atoms with van der Waals surface area (Å²) in [5, 5.41) is 8.24. The molecule has 0 aliphatic carbocycles. The maximum Gasteiger partial charge on any atom is 0.283 e. The van der Waals surface area contributed by atoms with Crippen LogP contribution in [0.1, 0.15) is 12.8 Å². The van der Waals surface area contributed by atoms with E-state index >= 15 is 0 Å². The summed E-state index contributed by atoms with van der Waals surface area (Å²) in [5.74, 6) is 0.807. The summed E-state index contributed by atoms with van der Waals surface area (Å²) in [5.41, 5.74) is 0. The molecule has 2 heterocycles. The number of hydrogen-bond acceptors (Lipinski definition) is 6. The van der Waals surface area contributed by atoms with E-state index in [4.69, 9.17) is 0 Å². The lowest BCUT2D eigenvalue weighted by molar-refractivity contribution is 0.160. The van der Waals surface area contributed by atoms with Crippen LogP contribution in [0, 0.1) is 5.92 Å². The minimum atomic E-state index is -3.80. The average Bonchev–Trinajstić information content (AvgIpc) is 2.46. The van der Waals surface area contributed by atoms with Crippen molar-refractivity contribution in [2.75, 3.05) is 44.0 Å². The molecule has 0 aromatic rings. The second-order valence-electron chi connectivity index (χ2n) is 5.53. The van der Waals surface area contributed by atoms with Gasteiger partial charge >= 0.3 is 0 Å². The molecule has 2 aliphatic rings. The molecule has 124 valence electrons. The number of rotatable bonds is 4. The maximum atomic E-state index is 12.8. The quantitative estimate of drug-likeness (QED) is 0.718. The maximum absolute atomic E-state index is 12.8. The van der Waals surface area contributed by atoms with E-state index in [2.05, 4.69) is 0 Å². The van der Waals surface area contributed by atoms with Crippen molar-refractivity contribution in [2.45, 2.75) is 18.2 Å². The molecular weight excluding hydrogens is 336 g/mol. The Bertz CT molecular complexity index is 562. The van der Waals surface area contributed by atoms with Crippen molar-refractivity contribution in [3.05, 3.63) is 0 Å². The number of aliphatic hydroxyl groups is 1. The Morgan fingerprint density at radius 1 is 1.24 bits per heavy atom. The minimum Gasteiger partial charge on any atom is -0.396 e. The van der Waals surface area contributed by atoms with E-state index in [-0.39, 0.29) is 31.4 Å². The molecule has 0 amide bonds. The molecule has 0 aromatic carbocycles. The summed E-state index contributed by atoms with van der Waals surface area (Å²) in [6, 6.07) is 0. The van der Waals surface area contributed by atoms with Crippen molar-refractivity contribution in [2.24, 2.45) is 5.92 Å². The van der Waals surface area contributed by atoms with Gasteiger partial charge in [-0.15, -0.1) is 0 Å². The Balaban J connectivity index is 2.24. The number of sulfone groups is 1. The third kappa shape index (κ3) is 3.91. The minimum absolute atomic E-state index is 0.0443. The van der Waals surface area contributed by atoms with E-state index < -0.39 is 25.4 Å². The van der Waals surface area contributed by atoms with Crippen LogP contribution in [-0.2, 0) is 20.0 Å². The number of thioether (sulfide) groups is 1. The van der Waals surface area contributed by atoms with Crippen LogP contribution in [-0.4, -0.2) is 79.9 Å². The van der Waals surface area contributed by atoms with Crippen molar-refractivity contribution in [3.8, 4) is 0 Å². The Kier molecular flexibility index (Phi) is 5.59. The molecule has 1 N–H and O–H groups in total. The predicted octanol–water partition coefficient (Wildman–Crippen LogP) is -0.645. The average molecular weight is 359 g/mol. The molecule has 7 nitrogen and oxygen atoms in total. The Morgan fingerprint density at radius 2 is 1.95 bits per heavy atom. The summed E-state index contributed by atoms with van der Waals surface area (Å²) in [6.07, 6.45) is 2.57. The van der Waals surface area contributed by atoms with E-state index in [9.17, 15) is 21.9 Å². The van der Waals surface area contributed by atoms with Crippen molar-refractivity contribution >= 4 is 31.8 Å². The van der Waals surface area contributed by atoms with Crippen LogP contribution in [0.3, 0.4) is 0 Å². The van der Waals surface area contributed by atoms with E-state index in [0.29, 0.717) is 18.7 Å².